The molecule has 6 heteroatoms. The van der Waals surface area contributed by atoms with Crippen LogP contribution in [0.4, 0.5) is 0 Å². The zero-order valence-electron chi connectivity index (χ0n) is 17.5. The van der Waals surface area contributed by atoms with E-state index in [-0.39, 0.29) is 23.9 Å². The van der Waals surface area contributed by atoms with Crippen LogP contribution in [0, 0.1) is 6.92 Å². The molecule has 0 aliphatic carbocycles. The average molecular weight is 395 g/mol. The normalized spacial score (nSPS) is 27.1. The van der Waals surface area contributed by atoms with Gasteiger partial charge in [-0.3, -0.25) is 14.3 Å². The Hall–Kier alpha value is -2.63. The molecule has 1 aromatic carbocycles. The van der Waals surface area contributed by atoms with Crippen molar-refractivity contribution in [3.63, 3.8) is 0 Å². The zero-order valence-corrected chi connectivity index (χ0v) is 17.5. The number of hydrogen-bond acceptors (Lipinski definition) is 3. The maximum atomic E-state index is 13.7. The van der Waals surface area contributed by atoms with Gasteiger partial charge < -0.3 is 10.2 Å². The second-order valence-electron chi connectivity index (χ2n) is 8.79. The van der Waals surface area contributed by atoms with E-state index in [0.717, 1.165) is 37.8 Å². The smallest absolute Gasteiger partial charge is 0.257 e. The van der Waals surface area contributed by atoms with E-state index in [0.29, 0.717) is 12.0 Å². The number of fused-ring (bicyclic) bond motifs is 1. The molecule has 2 amide bonds. The van der Waals surface area contributed by atoms with Crippen LogP contribution in [-0.2, 0) is 18.3 Å². The third-order valence-electron chi connectivity index (χ3n) is 6.47. The summed E-state index contributed by atoms with van der Waals surface area (Å²) in [7, 11) is 1.84. The molecule has 6 nitrogen and oxygen atoms in total. The summed E-state index contributed by atoms with van der Waals surface area (Å²) in [5, 5.41) is 7.65. The summed E-state index contributed by atoms with van der Waals surface area (Å²) in [5.41, 5.74) is 2.22. The summed E-state index contributed by atoms with van der Waals surface area (Å²) in [5.74, 6) is 0.127. The summed E-state index contributed by atoms with van der Waals surface area (Å²) < 4.78 is 1.70. The average Bonchev–Trinajstić information content (AvgIpc) is 3.13. The largest absolute Gasteiger partial charge is 0.349 e. The Balaban J connectivity index is 1.72. The number of aryl methyl sites for hydroxylation is 2. The molecule has 4 rings (SSSR count). The van der Waals surface area contributed by atoms with Crippen LogP contribution in [0.15, 0.2) is 36.5 Å². The number of aromatic nitrogens is 2. The maximum absolute atomic E-state index is 13.7. The number of rotatable bonds is 3. The molecule has 2 aliphatic heterocycles. The fourth-order valence-corrected chi connectivity index (χ4v) is 5.19. The SMILES string of the molecule is Cc1nn(C)cc1C(=O)N1[C@H](Cc2ccccc2)C[C@]2(C)NC(=O)CCCC[C@H]12. The van der Waals surface area contributed by atoms with E-state index in [1.165, 1.54) is 5.56 Å². The lowest BCUT2D eigenvalue weighted by atomic mass is 9.85. The molecule has 0 unspecified atom stereocenters. The number of likely N-dealkylation sites (tertiary alicyclic amines) is 1. The molecule has 0 saturated carbocycles. The van der Waals surface area contributed by atoms with E-state index < -0.39 is 5.54 Å². The van der Waals surface area contributed by atoms with E-state index in [4.69, 9.17) is 0 Å². The Morgan fingerprint density at radius 2 is 2.03 bits per heavy atom. The lowest BCUT2D eigenvalue weighted by Crippen LogP contribution is -2.56. The van der Waals surface area contributed by atoms with Crippen LogP contribution in [0.2, 0.25) is 0 Å². The van der Waals surface area contributed by atoms with Gasteiger partial charge in [-0.1, -0.05) is 36.8 Å². The molecule has 2 fully saturated rings. The lowest BCUT2D eigenvalue weighted by Gasteiger charge is -2.38. The fraction of sp³-hybridized carbons (Fsp3) is 0.522. The van der Waals surface area contributed by atoms with Crippen LogP contribution in [0.5, 0.6) is 0 Å². The van der Waals surface area contributed by atoms with Gasteiger partial charge in [-0.05, 0) is 45.1 Å². The monoisotopic (exact) mass is 394 g/mol. The molecule has 2 aromatic rings. The predicted octanol–water partition coefficient (Wildman–Crippen LogP) is 3.00. The highest BCUT2D eigenvalue weighted by atomic mass is 16.2. The Kier molecular flexibility index (Phi) is 5.19. The van der Waals surface area contributed by atoms with Crippen molar-refractivity contribution < 1.29 is 9.59 Å². The minimum Gasteiger partial charge on any atom is -0.349 e. The molecule has 0 radical (unpaired) electrons. The van der Waals surface area contributed by atoms with Gasteiger partial charge in [0, 0.05) is 25.7 Å². The highest BCUT2D eigenvalue weighted by molar-refractivity contribution is 5.96. The standard InChI is InChI=1S/C23H30N4O2/c1-16-19(15-26(3)25-16)22(29)27-18(13-17-9-5-4-6-10-17)14-23(2)20(27)11-7-8-12-21(28)24-23/h4-6,9-10,15,18,20H,7-8,11-14H2,1-3H3,(H,24,28)/t18-,20+,23+/m1/s1. The molecule has 1 N–H and O–H groups in total. The van der Waals surface area contributed by atoms with Crippen LogP contribution in [-0.4, -0.2) is 44.1 Å². The summed E-state index contributed by atoms with van der Waals surface area (Å²) in [4.78, 5) is 28.2. The van der Waals surface area contributed by atoms with Crippen molar-refractivity contribution in [1.29, 1.82) is 0 Å². The minimum absolute atomic E-state index is 0.00688. The van der Waals surface area contributed by atoms with Crippen LogP contribution in [0.25, 0.3) is 0 Å². The molecule has 29 heavy (non-hydrogen) atoms. The quantitative estimate of drug-likeness (QED) is 0.870. The van der Waals surface area contributed by atoms with Crippen LogP contribution in [0.1, 0.15) is 60.6 Å². The first kappa shape index (κ1) is 19.7. The first-order valence-electron chi connectivity index (χ1n) is 10.6. The number of hydrogen-bond donors (Lipinski definition) is 1. The van der Waals surface area contributed by atoms with Crippen LogP contribution >= 0.6 is 0 Å². The Labute approximate surface area is 172 Å². The molecule has 1 aromatic heterocycles. The third kappa shape index (κ3) is 3.80. The van der Waals surface area contributed by atoms with Gasteiger partial charge in [0.2, 0.25) is 5.91 Å². The number of carbonyl (C=O) groups excluding carboxylic acids is 2. The second-order valence-corrected chi connectivity index (χ2v) is 8.79. The molecule has 2 saturated heterocycles. The van der Waals surface area contributed by atoms with Gasteiger partial charge in [0.15, 0.2) is 0 Å². The Morgan fingerprint density at radius 3 is 2.72 bits per heavy atom. The van der Waals surface area contributed by atoms with Crippen molar-refractivity contribution >= 4 is 11.8 Å². The third-order valence-corrected chi connectivity index (χ3v) is 6.47. The number of amides is 2. The molecular formula is C23H30N4O2. The topological polar surface area (TPSA) is 67.2 Å². The minimum atomic E-state index is -0.400. The first-order chi connectivity index (χ1) is 13.9. The molecule has 3 heterocycles. The van der Waals surface area contributed by atoms with Crippen LogP contribution < -0.4 is 5.32 Å². The number of nitrogens with zero attached hydrogens (tertiary/aromatic N) is 3. The van der Waals surface area contributed by atoms with Crippen molar-refractivity contribution in [3.05, 3.63) is 53.3 Å². The van der Waals surface area contributed by atoms with Crippen molar-refractivity contribution in [2.75, 3.05) is 0 Å². The maximum Gasteiger partial charge on any atom is 0.257 e. The Morgan fingerprint density at radius 1 is 1.28 bits per heavy atom. The van der Waals surface area contributed by atoms with Gasteiger partial charge in [-0.25, -0.2) is 0 Å². The van der Waals surface area contributed by atoms with Crippen LogP contribution in [0.3, 0.4) is 0 Å². The second kappa shape index (κ2) is 7.65. The molecule has 154 valence electrons. The van der Waals surface area contributed by atoms with E-state index in [9.17, 15) is 9.59 Å². The number of benzene rings is 1. The van der Waals surface area contributed by atoms with Crippen molar-refractivity contribution in [2.24, 2.45) is 7.05 Å². The van der Waals surface area contributed by atoms with E-state index in [2.05, 4.69) is 34.4 Å². The summed E-state index contributed by atoms with van der Waals surface area (Å²) in [6, 6.07) is 10.3. The molecule has 0 bridgehead atoms. The zero-order chi connectivity index (χ0) is 20.6. The number of carbonyl (C=O) groups is 2. The van der Waals surface area contributed by atoms with Gasteiger partial charge in [0.25, 0.3) is 5.91 Å². The summed E-state index contributed by atoms with van der Waals surface area (Å²) in [6.07, 6.45) is 6.68. The summed E-state index contributed by atoms with van der Waals surface area (Å²) >= 11 is 0. The van der Waals surface area contributed by atoms with Crippen molar-refractivity contribution in [1.82, 2.24) is 20.0 Å². The van der Waals surface area contributed by atoms with E-state index in [1.54, 1.807) is 4.68 Å². The fourth-order valence-electron chi connectivity index (χ4n) is 5.19. The predicted molar refractivity (Wildman–Crippen MR) is 111 cm³/mol. The Bertz CT molecular complexity index is 907. The van der Waals surface area contributed by atoms with Gasteiger partial charge in [-0.2, -0.15) is 5.10 Å². The lowest BCUT2D eigenvalue weighted by molar-refractivity contribution is -0.123. The molecule has 3 atom stereocenters. The van der Waals surface area contributed by atoms with Gasteiger partial charge >= 0.3 is 0 Å². The highest BCUT2D eigenvalue weighted by Gasteiger charge is 2.52. The van der Waals surface area contributed by atoms with Crippen molar-refractivity contribution in [2.45, 2.75) is 70.0 Å². The van der Waals surface area contributed by atoms with E-state index >= 15 is 0 Å². The van der Waals surface area contributed by atoms with Gasteiger partial charge in [0.1, 0.15) is 0 Å². The summed E-state index contributed by atoms with van der Waals surface area (Å²) in [6.45, 7) is 4.00. The van der Waals surface area contributed by atoms with Crippen molar-refractivity contribution in [3.8, 4) is 0 Å². The number of nitrogens with one attached hydrogen (secondary N) is 1. The highest BCUT2D eigenvalue weighted by Crippen LogP contribution is 2.40. The van der Waals surface area contributed by atoms with Gasteiger partial charge in [0.05, 0.1) is 22.8 Å². The van der Waals surface area contributed by atoms with E-state index in [1.807, 2.05) is 38.4 Å². The molecule has 2 aliphatic rings. The first-order valence-corrected chi connectivity index (χ1v) is 10.6. The van der Waals surface area contributed by atoms with Gasteiger partial charge in [-0.15, -0.1) is 0 Å². The molecular weight excluding hydrogens is 364 g/mol. The molecule has 0 spiro atoms.